The fraction of sp³-hybridized carbons (Fsp3) is 0.267. The van der Waals surface area contributed by atoms with Crippen molar-refractivity contribution >= 4 is 11.5 Å². The first-order valence-corrected chi connectivity index (χ1v) is 6.42. The Balaban J connectivity index is 1.78. The molecule has 0 unspecified atom stereocenters. The predicted octanol–water partition coefficient (Wildman–Crippen LogP) is 2.47. The van der Waals surface area contributed by atoms with Crippen LogP contribution in [0.2, 0.25) is 0 Å². The number of nitrogens with zero attached hydrogens (tertiary/aromatic N) is 1. The molecule has 5 heteroatoms. The first-order chi connectivity index (χ1) is 9.69. The average molecular weight is 273 g/mol. The predicted molar refractivity (Wildman–Crippen MR) is 80.4 cm³/mol. The maximum Gasteiger partial charge on any atom is 0.129 e. The Morgan fingerprint density at radius 1 is 1.20 bits per heavy atom. The number of nitrogen functional groups attached to an aromatic ring is 1. The normalized spacial score (nSPS) is 10.1. The molecule has 1 heterocycles. The van der Waals surface area contributed by atoms with Crippen LogP contribution in [-0.4, -0.2) is 25.2 Å². The Bertz CT molecular complexity index is 556. The number of hydrogen-bond acceptors (Lipinski definition) is 5. The van der Waals surface area contributed by atoms with Gasteiger partial charge in [0.25, 0.3) is 0 Å². The SMILES string of the molecule is COc1ccc(OCCNc2ncc(N)cc2C)cc1. The molecule has 0 atom stereocenters. The topological polar surface area (TPSA) is 69.4 Å². The molecule has 1 aromatic heterocycles. The van der Waals surface area contributed by atoms with Crippen molar-refractivity contribution in [3.8, 4) is 11.5 Å². The molecule has 0 fully saturated rings. The second-order valence-corrected chi connectivity index (χ2v) is 4.38. The molecular formula is C15H19N3O2. The summed E-state index contributed by atoms with van der Waals surface area (Å²) in [4.78, 5) is 4.24. The molecule has 0 spiro atoms. The van der Waals surface area contributed by atoms with E-state index < -0.39 is 0 Å². The molecule has 0 radical (unpaired) electrons. The van der Waals surface area contributed by atoms with Crippen molar-refractivity contribution in [2.24, 2.45) is 0 Å². The summed E-state index contributed by atoms with van der Waals surface area (Å²) in [5, 5.41) is 3.22. The minimum atomic E-state index is 0.553. The summed E-state index contributed by atoms with van der Waals surface area (Å²) >= 11 is 0. The molecular weight excluding hydrogens is 254 g/mol. The van der Waals surface area contributed by atoms with E-state index in [0.717, 1.165) is 22.9 Å². The van der Waals surface area contributed by atoms with Crippen molar-refractivity contribution in [1.82, 2.24) is 4.98 Å². The van der Waals surface area contributed by atoms with Crippen LogP contribution < -0.4 is 20.5 Å². The molecule has 5 nitrogen and oxygen atoms in total. The molecule has 0 saturated carbocycles. The molecule has 0 aliphatic heterocycles. The number of benzene rings is 1. The largest absolute Gasteiger partial charge is 0.497 e. The lowest BCUT2D eigenvalue weighted by Crippen LogP contribution is -2.13. The summed E-state index contributed by atoms with van der Waals surface area (Å²) in [5.41, 5.74) is 7.35. The van der Waals surface area contributed by atoms with Crippen LogP contribution in [0, 0.1) is 6.92 Å². The molecule has 106 valence electrons. The standard InChI is InChI=1S/C15H19N3O2/c1-11-9-12(16)10-18-15(11)17-7-8-20-14-5-3-13(19-2)4-6-14/h3-6,9-10H,7-8,16H2,1-2H3,(H,17,18). The van der Waals surface area contributed by atoms with E-state index in [2.05, 4.69) is 10.3 Å². The zero-order valence-corrected chi connectivity index (χ0v) is 11.7. The number of rotatable bonds is 6. The summed E-state index contributed by atoms with van der Waals surface area (Å²) in [5.74, 6) is 2.46. The number of anilines is 2. The number of pyridine rings is 1. The lowest BCUT2D eigenvalue weighted by molar-refractivity contribution is 0.331. The summed E-state index contributed by atoms with van der Waals surface area (Å²) in [6.07, 6.45) is 1.64. The van der Waals surface area contributed by atoms with Gasteiger partial charge in [-0.2, -0.15) is 0 Å². The Kier molecular flexibility index (Phi) is 4.65. The molecule has 1 aromatic carbocycles. The van der Waals surface area contributed by atoms with Crippen LogP contribution in [0.5, 0.6) is 11.5 Å². The third-order valence-electron chi connectivity index (χ3n) is 2.82. The highest BCUT2D eigenvalue weighted by Gasteiger charge is 2.00. The first kappa shape index (κ1) is 14.0. The summed E-state index contributed by atoms with van der Waals surface area (Å²) < 4.78 is 10.7. The highest BCUT2D eigenvalue weighted by molar-refractivity contribution is 5.50. The van der Waals surface area contributed by atoms with E-state index in [4.69, 9.17) is 15.2 Å². The van der Waals surface area contributed by atoms with Crippen LogP contribution in [-0.2, 0) is 0 Å². The summed E-state index contributed by atoms with van der Waals surface area (Å²) in [7, 11) is 1.64. The molecule has 0 aliphatic carbocycles. The van der Waals surface area contributed by atoms with E-state index in [-0.39, 0.29) is 0 Å². The minimum Gasteiger partial charge on any atom is -0.497 e. The van der Waals surface area contributed by atoms with Crippen molar-refractivity contribution in [2.75, 3.05) is 31.3 Å². The fourth-order valence-corrected chi connectivity index (χ4v) is 1.79. The van der Waals surface area contributed by atoms with E-state index in [1.54, 1.807) is 13.3 Å². The third-order valence-corrected chi connectivity index (χ3v) is 2.82. The smallest absolute Gasteiger partial charge is 0.129 e. The fourth-order valence-electron chi connectivity index (χ4n) is 1.79. The molecule has 2 rings (SSSR count). The first-order valence-electron chi connectivity index (χ1n) is 6.42. The number of nitrogens with two attached hydrogens (primary N) is 1. The van der Waals surface area contributed by atoms with Crippen molar-refractivity contribution in [3.63, 3.8) is 0 Å². The summed E-state index contributed by atoms with van der Waals surface area (Å²) in [6, 6.07) is 9.39. The number of hydrogen-bond donors (Lipinski definition) is 2. The van der Waals surface area contributed by atoms with Gasteiger partial charge in [0.05, 0.1) is 25.5 Å². The maximum atomic E-state index is 5.66. The number of aromatic nitrogens is 1. The van der Waals surface area contributed by atoms with E-state index >= 15 is 0 Å². The van der Waals surface area contributed by atoms with Crippen molar-refractivity contribution in [3.05, 3.63) is 42.1 Å². The molecule has 20 heavy (non-hydrogen) atoms. The number of nitrogens with one attached hydrogen (secondary N) is 1. The lowest BCUT2D eigenvalue weighted by atomic mass is 10.2. The Morgan fingerprint density at radius 3 is 2.55 bits per heavy atom. The van der Waals surface area contributed by atoms with Gasteiger partial charge in [0.1, 0.15) is 23.9 Å². The van der Waals surface area contributed by atoms with E-state index in [1.165, 1.54) is 0 Å². The van der Waals surface area contributed by atoms with Crippen LogP contribution >= 0.6 is 0 Å². The number of ether oxygens (including phenoxy) is 2. The number of aryl methyl sites for hydroxylation is 1. The van der Waals surface area contributed by atoms with Gasteiger partial charge < -0.3 is 20.5 Å². The monoisotopic (exact) mass is 273 g/mol. The molecule has 0 aliphatic rings. The van der Waals surface area contributed by atoms with E-state index in [1.807, 2.05) is 37.3 Å². The Hall–Kier alpha value is -2.43. The highest BCUT2D eigenvalue weighted by Crippen LogP contribution is 2.17. The van der Waals surface area contributed by atoms with Crippen LogP contribution in [0.4, 0.5) is 11.5 Å². The highest BCUT2D eigenvalue weighted by atomic mass is 16.5. The molecule has 2 aromatic rings. The molecule has 0 saturated heterocycles. The van der Waals surface area contributed by atoms with Gasteiger partial charge >= 0.3 is 0 Å². The zero-order valence-electron chi connectivity index (χ0n) is 11.7. The van der Waals surface area contributed by atoms with Gasteiger partial charge in [0, 0.05) is 0 Å². The second kappa shape index (κ2) is 6.65. The van der Waals surface area contributed by atoms with Gasteiger partial charge in [0.15, 0.2) is 0 Å². The van der Waals surface area contributed by atoms with Gasteiger partial charge in [0.2, 0.25) is 0 Å². The minimum absolute atomic E-state index is 0.553. The maximum absolute atomic E-state index is 5.66. The quantitative estimate of drug-likeness (QED) is 0.791. The molecule has 0 bridgehead atoms. The van der Waals surface area contributed by atoms with Gasteiger partial charge in [-0.3, -0.25) is 0 Å². The molecule has 3 N–H and O–H groups in total. The van der Waals surface area contributed by atoms with Gasteiger partial charge in [-0.05, 0) is 42.8 Å². The lowest BCUT2D eigenvalue weighted by Gasteiger charge is -2.10. The van der Waals surface area contributed by atoms with E-state index in [0.29, 0.717) is 18.8 Å². The second-order valence-electron chi connectivity index (χ2n) is 4.38. The summed E-state index contributed by atoms with van der Waals surface area (Å²) in [6.45, 7) is 3.19. The van der Waals surface area contributed by atoms with Crippen molar-refractivity contribution in [1.29, 1.82) is 0 Å². The van der Waals surface area contributed by atoms with Crippen LogP contribution in [0.3, 0.4) is 0 Å². The van der Waals surface area contributed by atoms with Crippen LogP contribution in [0.1, 0.15) is 5.56 Å². The van der Waals surface area contributed by atoms with Crippen LogP contribution in [0.15, 0.2) is 36.5 Å². The van der Waals surface area contributed by atoms with Gasteiger partial charge in [-0.15, -0.1) is 0 Å². The van der Waals surface area contributed by atoms with Gasteiger partial charge in [-0.1, -0.05) is 0 Å². The zero-order chi connectivity index (χ0) is 14.4. The van der Waals surface area contributed by atoms with E-state index in [9.17, 15) is 0 Å². The Morgan fingerprint density at radius 2 is 1.90 bits per heavy atom. The third kappa shape index (κ3) is 3.78. The number of methoxy groups -OCH3 is 1. The van der Waals surface area contributed by atoms with Crippen LogP contribution in [0.25, 0.3) is 0 Å². The van der Waals surface area contributed by atoms with Crippen molar-refractivity contribution in [2.45, 2.75) is 6.92 Å². The van der Waals surface area contributed by atoms with Crippen molar-refractivity contribution < 1.29 is 9.47 Å². The molecule has 0 amide bonds. The average Bonchev–Trinajstić information content (AvgIpc) is 2.46. The van der Waals surface area contributed by atoms with Gasteiger partial charge in [-0.25, -0.2) is 4.98 Å². The Labute approximate surface area is 118 Å².